The van der Waals surface area contributed by atoms with Crippen molar-refractivity contribution in [3.8, 4) is 0 Å². The lowest BCUT2D eigenvalue weighted by molar-refractivity contribution is -0.315. The second-order valence-electron chi connectivity index (χ2n) is 5.63. The summed E-state index contributed by atoms with van der Waals surface area (Å²) in [4.78, 5) is 23.8. The summed E-state index contributed by atoms with van der Waals surface area (Å²) >= 11 is 1.58. The summed E-state index contributed by atoms with van der Waals surface area (Å²) in [5.74, 6) is -2.87. The third-order valence-corrected chi connectivity index (χ3v) is 5.61. The molecule has 1 rings (SSSR count). The highest BCUT2D eigenvalue weighted by Crippen LogP contribution is 2.41. The van der Waals surface area contributed by atoms with E-state index in [4.69, 9.17) is 4.74 Å². The molecule has 0 bridgehead atoms. The zero-order valence-electron chi connectivity index (χ0n) is 13.5. The van der Waals surface area contributed by atoms with Crippen LogP contribution in [0.2, 0.25) is 0 Å². The molecule has 4 unspecified atom stereocenters. The average molecular weight is 314 g/mol. The molecule has 6 heteroatoms. The smallest absolute Gasteiger partial charge is 0.336 e. The van der Waals surface area contributed by atoms with Crippen molar-refractivity contribution in [2.24, 2.45) is 11.8 Å². The second kappa shape index (κ2) is 6.73. The molecular weight excluding hydrogens is 290 g/mol. The van der Waals surface area contributed by atoms with Crippen LogP contribution < -0.4 is 10.4 Å². The Kier molecular flexibility index (Phi) is 5.73. The van der Waals surface area contributed by atoms with E-state index in [1.807, 2.05) is 20.1 Å². The third kappa shape index (κ3) is 3.20. The summed E-state index contributed by atoms with van der Waals surface area (Å²) in [5, 5.41) is 15.0. The van der Waals surface area contributed by atoms with E-state index in [0.717, 1.165) is 0 Å². The van der Waals surface area contributed by atoms with Crippen LogP contribution in [0.1, 0.15) is 34.6 Å². The van der Waals surface area contributed by atoms with Crippen LogP contribution in [-0.2, 0) is 14.3 Å². The van der Waals surface area contributed by atoms with Crippen LogP contribution in [-0.4, -0.2) is 35.6 Å². The van der Waals surface area contributed by atoms with E-state index in [1.165, 1.54) is 0 Å². The number of hydrogen-bond donors (Lipinski definition) is 1. The monoisotopic (exact) mass is 314 g/mol. The number of thioether (sulfide) groups is 1. The Morgan fingerprint density at radius 2 is 2.10 bits per heavy atom. The van der Waals surface area contributed by atoms with Gasteiger partial charge in [0.2, 0.25) is 0 Å². The third-order valence-electron chi connectivity index (χ3n) is 4.41. The molecule has 0 saturated carbocycles. The van der Waals surface area contributed by atoms with Crippen molar-refractivity contribution in [1.29, 1.82) is 0 Å². The minimum Gasteiger partial charge on any atom is -0.550 e. The number of nitrogens with one attached hydrogen (secondary N) is 1. The predicted octanol–water partition coefficient (Wildman–Crippen LogP) is 0.939. The lowest BCUT2D eigenvalue weighted by Gasteiger charge is -2.50. The predicted molar refractivity (Wildman–Crippen MR) is 81.5 cm³/mol. The number of hydrogen-bond acceptors (Lipinski definition) is 6. The Labute approximate surface area is 130 Å². The summed E-state index contributed by atoms with van der Waals surface area (Å²) in [7, 11) is 0. The molecule has 0 radical (unpaired) electrons. The van der Waals surface area contributed by atoms with Crippen molar-refractivity contribution in [2.75, 3.05) is 12.9 Å². The fraction of sp³-hybridized carbons (Fsp3) is 0.733. The molecule has 4 atom stereocenters. The van der Waals surface area contributed by atoms with E-state index < -0.39 is 29.3 Å². The van der Waals surface area contributed by atoms with Gasteiger partial charge in [0.25, 0.3) is 0 Å². The maximum absolute atomic E-state index is 12.1. The van der Waals surface area contributed by atoms with Crippen LogP contribution in [0.3, 0.4) is 0 Å². The zero-order valence-corrected chi connectivity index (χ0v) is 14.3. The van der Waals surface area contributed by atoms with Crippen molar-refractivity contribution in [2.45, 2.75) is 45.4 Å². The highest BCUT2D eigenvalue weighted by molar-refractivity contribution is 7.99. The SMILES string of the molecule is CCOC(=O)C1=C(C)NC(C)(C(C)SC)C(C(=O)[O-])C1C. The minimum atomic E-state index is -1.15. The Morgan fingerprint density at radius 3 is 2.52 bits per heavy atom. The Hall–Kier alpha value is -1.17. The van der Waals surface area contributed by atoms with Crippen LogP contribution in [0.5, 0.6) is 0 Å². The number of aliphatic carboxylic acids is 1. The molecule has 0 spiro atoms. The molecule has 120 valence electrons. The molecule has 0 fully saturated rings. The molecule has 0 aromatic rings. The lowest BCUT2D eigenvalue weighted by atomic mass is 9.69. The molecule has 0 aromatic carbocycles. The Balaban J connectivity index is 3.33. The molecule has 0 aliphatic carbocycles. The highest BCUT2D eigenvalue weighted by Gasteiger charge is 2.48. The van der Waals surface area contributed by atoms with Crippen LogP contribution in [0.25, 0.3) is 0 Å². The summed E-state index contributed by atoms with van der Waals surface area (Å²) in [6, 6.07) is 0. The van der Waals surface area contributed by atoms with E-state index in [9.17, 15) is 14.7 Å². The molecule has 5 nitrogen and oxygen atoms in total. The first-order valence-electron chi connectivity index (χ1n) is 7.10. The Morgan fingerprint density at radius 1 is 1.52 bits per heavy atom. The maximum atomic E-state index is 12.1. The Bertz CT molecular complexity index is 463. The number of allylic oxidation sites excluding steroid dienone is 1. The number of rotatable bonds is 5. The molecule has 1 aliphatic rings. The highest BCUT2D eigenvalue weighted by atomic mass is 32.2. The zero-order chi connectivity index (χ0) is 16.4. The summed E-state index contributed by atoms with van der Waals surface area (Å²) in [6.45, 7) is 9.38. The van der Waals surface area contributed by atoms with Gasteiger partial charge in [0, 0.05) is 28.8 Å². The van der Waals surface area contributed by atoms with Crippen molar-refractivity contribution in [3.05, 3.63) is 11.3 Å². The summed E-state index contributed by atoms with van der Waals surface area (Å²) < 4.78 is 5.05. The first kappa shape index (κ1) is 17.9. The van der Waals surface area contributed by atoms with Gasteiger partial charge in [0.15, 0.2) is 0 Å². The van der Waals surface area contributed by atoms with Crippen LogP contribution in [0.4, 0.5) is 0 Å². The van der Waals surface area contributed by atoms with Gasteiger partial charge in [-0.05, 0) is 27.0 Å². The van der Waals surface area contributed by atoms with E-state index in [-0.39, 0.29) is 11.9 Å². The summed E-state index contributed by atoms with van der Waals surface area (Å²) in [6.07, 6.45) is 1.94. The van der Waals surface area contributed by atoms with Crippen molar-refractivity contribution in [3.63, 3.8) is 0 Å². The number of carbonyl (C=O) groups excluding carboxylic acids is 2. The number of carbonyl (C=O) groups is 2. The minimum absolute atomic E-state index is 0.0431. The first-order chi connectivity index (χ1) is 9.70. The molecule has 0 saturated heterocycles. The van der Waals surface area contributed by atoms with E-state index in [0.29, 0.717) is 11.3 Å². The molecule has 0 aromatic heterocycles. The van der Waals surface area contributed by atoms with Crippen molar-refractivity contribution < 1.29 is 19.4 Å². The number of carboxylic acids is 1. The van der Waals surface area contributed by atoms with Gasteiger partial charge < -0.3 is 20.0 Å². The number of carboxylic acid groups (broad SMARTS) is 1. The van der Waals surface area contributed by atoms with Crippen LogP contribution >= 0.6 is 11.8 Å². The summed E-state index contributed by atoms with van der Waals surface area (Å²) in [5.41, 5.74) is 0.399. The topological polar surface area (TPSA) is 78.5 Å². The van der Waals surface area contributed by atoms with Crippen molar-refractivity contribution >= 4 is 23.7 Å². The fourth-order valence-corrected chi connectivity index (χ4v) is 3.87. The van der Waals surface area contributed by atoms with E-state index in [1.54, 1.807) is 32.5 Å². The standard InChI is InChI=1S/C15H25NO4S/c1-7-20-14(19)11-8(2)12(13(17)18)15(5,10(4)21-6)16-9(11)3/h8,10,12,16H,7H2,1-6H3,(H,17,18)/p-1. The quantitative estimate of drug-likeness (QED) is 0.761. The van der Waals surface area contributed by atoms with Gasteiger partial charge >= 0.3 is 5.97 Å². The average Bonchev–Trinajstić information content (AvgIpc) is 2.36. The van der Waals surface area contributed by atoms with Gasteiger partial charge in [-0.3, -0.25) is 0 Å². The molecule has 21 heavy (non-hydrogen) atoms. The number of esters is 1. The van der Waals surface area contributed by atoms with Crippen molar-refractivity contribution in [1.82, 2.24) is 5.32 Å². The van der Waals surface area contributed by atoms with Gasteiger partial charge in [-0.2, -0.15) is 11.8 Å². The molecule has 0 amide bonds. The molecule has 1 aliphatic heterocycles. The van der Waals surface area contributed by atoms with Gasteiger partial charge in [-0.15, -0.1) is 0 Å². The van der Waals surface area contributed by atoms with E-state index in [2.05, 4.69) is 5.32 Å². The van der Waals surface area contributed by atoms with Crippen LogP contribution in [0, 0.1) is 11.8 Å². The van der Waals surface area contributed by atoms with Crippen LogP contribution in [0.15, 0.2) is 11.3 Å². The van der Waals surface area contributed by atoms with Gasteiger partial charge in [-0.1, -0.05) is 13.8 Å². The van der Waals surface area contributed by atoms with Gasteiger partial charge in [0.1, 0.15) is 0 Å². The number of ether oxygens (including phenoxy) is 1. The molecule has 1 N–H and O–H groups in total. The van der Waals surface area contributed by atoms with Gasteiger partial charge in [-0.25, -0.2) is 4.79 Å². The van der Waals surface area contributed by atoms with E-state index >= 15 is 0 Å². The maximum Gasteiger partial charge on any atom is 0.336 e. The first-order valence-corrected chi connectivity index (χ1v) is 8.39. The largest absolute Gasteiger partial charge is 0.550 e. The fourth-order valence-electron chi connectivity index (χ4n) is 3.17. The molecular formula is C15H24NO4S-. The normalized spacial score (nSPS) is 30.6. The lowest BCUT2D eigenvalue weighted by Crippen LogP contribution is -2.64. The van der Waals surface area contributed by atoms with Gasteiger partial charge in [0.05, 0.1) is 17.7 Å². The molecule has 1 heterocycles. The second-order valence-corrected chi connectivity index (χ2v) is 6.81.